The molecule has 1 atom stereocenters. The largest absolute Gasteiger partial charge is 0.508 e. The number of aromatic nitrogens is 3. The molecule has 0 bridgehead atoms. The molecule has 2 heterocycles. The van der Waals surface area contributed by atoms with Gasteiger partial charge in [0.25, 0.3) is 5.91 Å². The summed E-state index contributed by atoms with van der Waals surface area (Å²) in [6.45, 7) is -0.0534. The van der Waals surface area contributed by atoms with Crippen molar-refractivity contribution < 1.29 is 15.0 Å². The number of hydrogen-bond donors (Lipinski definition) is 2. The van der Waals surface area contributed by atoms with E-state index < -0.39 is 6.04 Å². The van der Waals surface area contributed by atoms with Crippen molar-refractivity contribution in [2.75, 3.05) is 0 Å². The normalized spacial score (nSPS) is 15.9. The summed E-state index contributed by atoms with van der Waals surface area (Å²) in [5, 5.41) is 34.8. The molecular formula is C23H19N5O3. The zero-order chi connectivity index (χ0) is 21.4. The highest BCUT2D eigenvalue weighted by Crippen LogP contribution is 2.38. The van der Waals surface area contributed by atoms with E-state index in [-0.39, 0.29) is 24.0 Å². The molecular weight excluding hydrogens is 394 g/mol. The van der Waals surface area contributed by atoms with Crippen LogP contribution in [0.1, 0.15) is 23.6 Å². The van der Waals surface area contributed by atoms with Crippen molar-refractivity contribution in [1.82, 2.24) is 20.0 Å². The van der Waals surface area contributed by atoms with Crippen molar-refractivity contribution in [3.8, 4) is 11.5 Å². The molecule has 5 rings (SSSR count). The number of phenols is 2. The molecule has 0 aliphatic carbocycles. The number of para-hydroxylation sites is 3. The molecule has 8 heteroatoms. The van der Waals surface area contributed by atoms with Crippen molar-refractivity contribution in [2.45, 2.75) is 19.0 Å². The Bertz CT molecular complexity index is 1310. The van der Waals surface area contributed by atoms with Crippen LogP contribution in [0.15, 0.2) is 77.9 Å². The van der Waals surface area contributed by atoms with Gasteiger partial charge in [-0.1, -0.05) is 47.7 Å². The summed E-state index contributed by atoms with van der Waals surface area (Å²) in [5.41, 5.74) is 3.17. The van der Waals surface area contributed by atoms with Crippen LogP contribution >= 0.6 is 0 Å². The Hall–Kier alpha value is -4.20. The lowest BCUT2D eigenvalue weighted by molar-refractivity contribution is -0.133. The summed E-state index contributed by atoms with van der Waals surface area (Å²) in [4.78, 5) is 13.3. The Balaban J connectivity index is 1.52. The van der Waals surface area contributed by atoms with Crippen molar-refractivity contribution in [3.05, 3.63) is 83.9 Å². The predicted octanol–water partition coefficient (Wildman–Crippen LogP) is 3.22. The summed E-state index contributed by atoms with van der Waals surface area (Å²) < 4.78 is 1.53. The molecule has 3 aromatic carbocycles. The summed E-state index contributed by atoms with van der Waals surface area (Å²) in [6.07, 6.45) is 0.360. The minimum Gasteiger partial charge on any atom is -0.508 e. The van der Waals surface area contributed by atoms with Gasteiger partial charge in [0, 0.05) is 17.5 Å². The van der Waals surface area contributed by atoms with Crippen LogP contribution in [0.2, 0.25) is 0 Å². The number of nitrogens with zero attached hydrogens (tertiary/aromatic N) is 5. The number of hydrazone groups is 1. The Morgan fingerprint density at radius 1 is 0.935 bits per heavy atom. The van der Waals surface area contributed by atoms with Crippen LogP contribution in [0.4, 0.5) is 0 Å². The van der Waals surface area contributed by atoms with E-state index in [2.05, 4.69) is 15.4 Å². The van der Waals surface area contributed by atoms with Crippen LogP contribution in [0, 0.1) is 0 Å². The van der Waals surface area contributed by atoms with Gasteiger partial charge >= 0.3 is 0 Å². The average molecular weight is 413 g/mol. The fraction of sp³-hybridized carbons (Fsp3) is 0.130. The van der Waals surface area contributed by atoms with Crippen molar-refractivity contribution in [3.63, 3.8) is 0 Å². The third kappa shape index (κ3) is 3.38. The maximum Gasteiger partial charge on any atom is 0.265 e. The smallest absolute Gasteiger partial charge is 0.265 e. The Morgan fingerprint density at radius 2 is 1.65 bits per heavy atom. The third-order valence-corrected chi connectivity index (χ3v) is 5.38. The quantitative estimate of drug-likeness (QED) is 0.535. The average Bonchev–Trinajstić information content (AvgIpc) is 3.39. The lowest BCUT2D eigenvalue weighted by atomic mass is 9.97. The number of carbonyl (C=O) groups is 1. The van der Waals surface area contributed by atoms with Gasteiger partial charge in [0.05, 0.1) is 17.3 Å². The van der Waals surface area contributed by atoms with Gasteiger partial charge in [-0.05, 0) is 30.3 Å². The first-order chi connectivity index (χ1) is 15.1. The van der Waals surface area contributed by atoms with Crippen molar-refractivity contribution in [2.24, 2.45) is 5.10 Å². The van der Waals surface area contributed by atoms with Gasteiger partial charge in [0.2, 0.25) is 0 Å². The lowest BCUT2D eigenvalue weighted by Crippen LogP contribution is -2.30. The Kier molecular flexibility index (Phi) is 4.59. The number of fused-ring (bicyclic) bond motifs is 1. The van der Waals surface area contributed by atoms with Crippen LogP contribution in [0.25, 0.3) is 11.0 Å². The van der Waals surface area contributed by atoms with Crippen LogP contribution in [-0.2, 0) is 11.3 Å². The Labute approximate surface area is 177 Å². The van der Waals surface area contributed by atoms with E-state index in [1.165, 1.54) is 9.69 Å². The highest BCUT2D eigenvalue weighted by Gasteiger charge is 2.35. The number of benzene rings is 3. The SMILES string of the molecule is O=C(Cn1nnc2ccccc21)N1N=C(c2ccccc2O)CC1c1ccccc1O. The molecule has 1 unspecified atom stereocenters. The van der Waals surface area contributed by atoms with E-state index in [1.807, 2.05) is 24.3 Å². The van der Waals surface area contributed by atoms with Crippen LogP contribution in [0.3, 0.4) is 0 Å². The number of rotatable bonds is 4. The molecule has 1 aliphatic heterocycles. The van der Waals surface area contributed by atoms with E-state index in [1.54, 1.807) is 48.5 Å². The fourth-order valence-corrected chi connectivity index (χ4v) is 3.87. The molecule has 0 fully saturated rings. The highest BCUT2D eigenvalue weighted by atomic mass is 16.3. The first-order valence-corrected chi connectivity index (χ1v) is 9.86. The van der Waals surface area contributed by atoms with E-state index >= 15 is 0 Å². The van der Waals surface area contributed by atoms with Crippen molar-refractivity contribution in [1.29, 1.82) is 0 Å². The van der Waals surface area contributed by atoms with E-state index in [0.29, 0.717) is 28.8 Å². The minimum atomic E-state index is -0.502. The number of hydrogen-bond acceptors (Lipinski definition) is 6. The second-order valence-corrected chi connectivity index (χ2v) is 7.32. The molecule has 1 aromatic heterocycles. The molecule has 31 heavy (non-hydrogen) atoms. The van der Waals surface area contributed by atoms with Gasteiger partial charge in [-0.3, -0.25) is 4.79 Å². The Morgan fingerprint density at radius 3 is 2.45 bits per heavy atom. The van der Waals surface area contributed by atoms with Crippen LogP contribution < -0.4 is 0 Å². The van der Waals surface area contributed by atoms with E-state index in [9.17, 15) is 15.0 Å². The first kappa shape index (κ1) is 18.8. The number of carbonyl (C=O) groups excluding carboxylic acids is 1. The number of aromatic hydroxyl groups is 2. The minimum absolute atomic E-state index is 0.0534. The zero-order valence-corrected chi connectivity index (χ0v) is 16.5. The molecule has 154 valence electrons. The van der Waals surface area contributed by atoms with E-state index in [0.717, 1.165) is 5.52 Å². The molecule has 1 aliphatic rings. The third-order valence-electron chi connectivity index (χ3n) is 5.38. The molecule has 1 amide bonds. The first-order valence-electron chi connectivity index (χ1n) is 9.86. The summed E-state index contributed by atoms with van der Waals surface area (Å²) in [5.74, 6) is -0.117. The number of phenolic OH excluding ortho intramolecular Hbond substituents is 2. The number of amides is 1. The molecule has 8 nitrogen and oxygen atoms in total. The lowest BCUT2D eigenvalue weighted by Gasteiger charge is -2.22. The van der Waals surface area contributed by atoms with Gasteiger partial charge in [-0.2, -0.15) is 5.10 Å². The molecule has 0 saturated heterocycles. The van der Waals surface area contributed by atoms with Gasteiger partial charge in [0.15, 0.2) is 0 Å². The van der Waals surface area contributed by atoms with Gasteiger partial charge in [-0.15, -0.1) is 5.10 Å². The molecule has 0 saturated carbocycles. The van der Waals surface area contributed by atoms with Crippen LogP contribution in [0.5, 0.6) is 11.5 Å². The topological polar surface area (TPSA) is 104 Å². The van der Waals surface area contributed by atoms with Crippen LogP contribution in [-0.4, -0.2) is 41.8 Å². The van der Waals surface area contributed by atoms with Crippen molar-refractivity contribution >= 4 is 22.7 Å². The molecule has 4 aromatic rings. The van der Waals surface area contributed by atoms with E-state index in [4.69, 9.17) is 0 Å². The monoisotopic (exact) mass is 413 g/mol. The predicted molar refractivity (Wildman–Crippen MR) is 114 cm³/mol. The summed E-state index contributed by atoms with van der Waals surface area (Å²) >= 11 is 0. The summed E-state index contributed by atoms with van der Waals surface area (Å²) in [6, 6.07) is 20.7. The fourth-order valence-electron chi connectivity index (χ4n) is 3.87. The second kappa shape index (κ2) is 7.56. The highest BCUT2D eigenvalue weighted by molar-refractivity contribution is 6.05. The second-order valence-electron chi connectivity index (χ2n) is 7.32. The maximum atomic E-state index is 13.3. The zero-order valence-electron chi connectivity index (χ0n) is 16.5. The van der Waals surface area contributed by atoms with Gasteiger partial charge in [-0.25, -0.2) is 9.69 Å². The van der Waals surface area contributed by atoms with Gasteiger partial charge in [0.1, 0.15) is 23.6 Å². The maximum absolute atomic E-state index is 13.3. The molecule has 0 radical (unpaired) electrons. The van der Waals surface area contributed by atoms with Gasteiger partial charge < -0.3 is 10.2 Å². The molecule has 2 N–H and O–H groups in total. The summed E-state index contributed by atoms with van der Waals surface area (Å²) in [7, 11) is 0. The molecule has 0 spiro atoms. The standard InChI is InChI=1S/C23H19N5O3/c29-21-11-5-1-7-15(21)18-13-20(16-8-2-6-12-22(16)30)28(25-18)23(31)14-27-19-10-4-3-9-17(19)24-26-27/h1-12,20,29-30H,13-14H2.